The Morgan fingerprint density at radius 3 is 2.24 bits per heavy atom. The predicted octanol–water partition coefficient (Wildman–Crippen LogP) is 4.73. The van der Waals surface area contributed by atoms with Crippen molar-refractivity contribution >= 4 is 17.9 Å². The first-order valence-electron chi connectivity index (χ1n) is 12.8. The van der Waals surface area contributed by atoms with Crippen molar-refractivity contribution < 1.29 is 24.2 Å². The number of alkyl carbamates (subject to hydrolysis) is 1. The van der Waals surface area contributed by atoms with E-state index in [1.54, 1.807) is 39.0 Å². The second kappa shape index (κ2) is 13.1. The minimum atomic E-state index is -1.05. The van der Waals surface area contributed by atoms with Crippen LogP contribution in [0.1, 0.15) is 62.9 Å². The Bertz CT molecular complexity index is 1140. The van der Waals surface area contributed by atoms with Crippen LogP contribution in [0, 0.1) is 13.8 Å². The highest BCUT2D eigenvalue weighted by atomic mass is 16.6. The number of phenols is 1. The van der Waals surface area contributed by atoms with E-state index in [9.17, 15) is 19.5 Å². The van der Waals surface area contributed by atoms with Gasteiger partial charge in [-0.1, -0.05) is 36.4 Å². The van der Waals surface area contributed by atoms with E-state index in [0.29, 0.717) is 11.1 Å². The molecule has 0 saturated carbocycles. The minimum Gasteiger partial charge on any atom is -0.508 e. The number of phenolic OH excluding ortho intramolecular Hbond substituents is 1. The van der Waals surface area contributed by atoms with Crippen LogP contribution >= 0.6 is 0 Å². The number of carbonyl (C=O) groups is 3. The quantitative estimate of drug-likeness (QED) is 0.391. The molecule has 0 radical (unpaired) electrons. The van der Waals surface area contributed by atoms with Gasteiger partial charge in [-0.25, -0.2) is 4.79 Å². The first kappa shape index (κ1) is 30.4. The lowest BCUT2D eigenvalue weighted by Gasteiger charge is -2.35. The highest BCUT2D eigenvalue weighted by Crippen LogP contribution is 2.28. The van der Waals surface area contributed by atoms with Crippen molar-refractivity contribution in [1.29, 1.82) is 0 Å². The van der Waals surface area contributed by atoms with Crippen molar-refractivity contribution in [1.82, 2.24) is 15.5 Å². The molecule has 2 rings (SSSR count). The van der Waals surface area contributed by atoms with Crippen LogP contribution in [0.25, 0.3) is 0 Å². The van der Waals surface area contributed by atoms with E-state index in [0.717, 1.165) is 11.1 Å². The van der Waals surface area contributed by atoms with Gasteiger partial charge in [0.2, 0.25) is 11.8 Å². The molecule has 3 N–H and O–H groups in total. The number of carbonyl (C=O) groups excluding carboxylic acids is 3. The van der Waals surface area contributed by atoms with E-state index in [-0.39, 0.29) is 30.7 Å². The second-order valence-corrected chi connectivity index (χ2v) is 10.7. The molecule has 2 atom stereocenters. The summed E-state index contributed by atoms with van der Waals surface area (Å²) in [6.07, 6.45) is 0.935. The fraction of sp³-hybridized carbons (Fsp3) is 0.433. The van der Waals surface area contributed by atoms with Crippen LogP contribution in [0.4, 0.5) is 4.79 Å². The van der Waals surface area contributed by atoms with Gasteiger partial charge in [0.15, 0.2) is 0 Å². The van der Waals surface area contributed by atoms with Gasteiger partial charge in [0.05, 0.1) is 0 Å². The summed E-state index contributed by atoms with van der Waals surface area (Å²) >= 11 is 0. The molecule has 8 heteroatoms. The van der Waals surface area contributed by atoms with Crippen LogP contribution in [-0.4, -0.2) is 52.1 Å². The van der Waals surface area contributed by atoms with E-state index in [4.69, 9.17) is 4.74 Å². The summed E-state index contributed by atoms with van der Waals surface area (Å²) in [6, 6.07) is 9.89. The summed E-state index contributed by atoms with van der Waals surface area (Å²) < 4.78 is 5.43. The molecule has 38 heavy (non-hydrogen) atoms. The molecule has 0 aliphatic carbocycles. The number of rotatable bonds is 10. The Morgan fingerprint density at radius 1 is 1.05 bits per heavy atom. The van der Waals surface area contributed by atoms with Crippen molar-refractivity contribution in [3.63, 3.8) is 0 Å². The zero-order chi connectivity index (χ0) is 28.6. The van der Waals surface area contributed by atoms with E-state index in [1.165, 1.54) is 17.0 Å². The zero-order valence-electron chi connectivity index (χ0n) is 23.5. The number of aryl methyl sites for hydroxylation is 1. The summed E-state index contributed by atoms with van der Waals surface area (Å²) in [6.45, 7) is 16.7. The van der Waals surface area contributed by atoms with Gasteiger partial charge in [-0.2, -0.15) is 0 Å². The minimum absolute atomic E-state index is 0.0739. The largest absolute Gasteiger partial charge is 0.508 e. The van der Waals surface area contributed by atoms with Crippen LogP contribution in [0.15, 0.2) is 55.1 Å². The monoisotopic (exact) mass is 523 g/mol. The first-order chi connectivity index (χ1) is 17.7. The predicted molar refractivity (Wildman–Crippen MR) is 149 cm³/mol. The highest BCUT2D eigenvalue weighted by Gasteiger charge is 2.36. The fourth-order valence-corrected chi connectivity index (χ4v) is 4.06. The molecule has 0 fully saturated rings. The molecular weight excluding hydrogens is 482 g/mol. The van der Waals surface area contributed by atoms with Crippen LogP contribution in [0.3, 0.4) is 0 Å². The molecule has 3 amide bonds. The van der Waals surface area contributed by atoms with Crippen molar-refractivity contribution in [2.45, 2.75) is 78.6 Å². The molecule has 206 valence electrons. The van der Waals surface area contributed by atoms with Crippen LogP contribution in [0.2, 0.25) is 0 Å². The lowest BCUT2D eigenvalue weighted by molar-refractivity contribution is -0.142. The summed E-state index contributed by atoms with van der Waals surface area (Å²) in [5, 5.41) is 15.3. The van der Waals surface area contributed by atoms with Crippen LogP contribution in [-0.2, 0) is 20.7 Å². The van der Waals surface area contributed by atoms with Gasteiger partial charge in [0, 0.05) is 19.0 Å². The SMILES string of the molecule is C=CCN(C(=O)C(Cc1ccc(O)cc1)NC(=O)OC(C)(C)C)C(C(=O)NC(C)C)c1cccc(C)c1C. The van der Waals surface area contributed by atoms with E-state index >= 15 is 0 Å². The van der Waals surface area contributed by atoms with Crippen LogP contribution < -0.4 is 10.6 Å². The smallest absolute Gasteiger partial charge is 0.408 e. The molecule has 0 spiro atoms. The number of hydrogen-bond donors (Lipinski definition) is 3. The summed E-state index contributed by atoms with van der Waals surface area (Å²) in [5.41, 5.74) is 2.52. The van der Waals surface area contributed by atoms with Gasteiger partial charge in [-0.05, 0) is 82.9 Å². The Labute approximate surface area is 226 Å². The third-order valence-electron chi connectivity index (χ3n) is 5.91. The average molecular weight is 524 g/mol. The van der Waals surface area contributed by atoms with Gasteiger partial charge >= 0.3 is 6.09 Å². The van der Waals surface area contributed by atoms with Crippen molar-refractivity contribution in [2.24, 2.45) is 0 Å². The molecule has 0 aliphatic heterocycles. The number of amides is 3. The Morgan fingerprint density at radius 2 is 1.68 bits per heavy atom. The zero-order valence-corrected chi connectivity index (χ0v) is 23.5. The Kier molecular flexibility index (Phi) is 10.5. The third-order valence-corrected chi connectivity index (χ3v) is 5.91. The Hall–Kier alpha value is -3.81. The van der Waals surface area contributed by atoms with Crippen molar-refractivity contribution in [3.8, 4) is 5.75 Å². The van der Waals surface area contributed by atoms with E-state index in [2.05, 4.69) is 17.2 Å². The van der Waals surface area contributed by atoms with Crippen molar-refractivity contribution in [2.75, 3.05) is 6.54 Å². The number of nitrogens with one attached hydrogen (secondary N) is 2. The number of hydrogen-bond acceptors (Lipinski definition) is 5. The molecule has 2 aromatic carbocycles. The van der Waals surface area contributed by atoms with E-state index in [1.807, 2.05) is 45.9 Å². The molecule has 0 bridgehead atoms. The topological polar surface area (TPSA) is 108 Å². The maximum Gasteiger partial charge on any atom is 0.408 e. The number of aromatic hydroxyl groups is 1. The molecule has 2 aromatic rings. The average Bonchev–Trinajstić information content (AvgIpc) is 2.80. The molecule has 0 heterocycles. The first-order valence-corrected chi connectivity index (χ1v) is 12.8. The van der Waals surface area contributed by atoms with E-state index < -0.39 is 29.7 Å². The van der Waals surface area contributed by atoms with Gasteiger partial charge in [0.25, 0.3) is 0 Å². The van der Waals surface area contributed by atoms with Crippen LogP contribution in [0.5, 0.6) is 5.75 Å². The number of nitrogens with zero attached hydrogens (tertiary/aromatic N) is 1. The normalized spacial score (nSPS) is 12.8. The van der Waals surface area contributed by atoms with Gasteiger partial charge in [-0.3, -0.25) is 9.59 Å². The summed E-state index contributed by atoms with van der Waals surface area (Å²) in [4.78, 5) is 42.0. The maximum atomic E-state index is 14.2. The fourth-order valence-electron chi connectivity index (χ4n) is 4.06. The number of ether oxygens (including phenoxy) is 1. The molecule has 0 aromatic heterocycles. The molecule has 8 nitrogen and oxygen atoms in total. The summed E-state index contributed by atoms with van der Waals surface area (Å²) in [5.74, 6) is -0.705. The van der Waals surface area contributed by atoms with Crippen molar-refractivity contribution in [3.05, 3.63) is 77.4 Å². The molecule has 2 unspecified atom stereocenters. The summed E-state index contributed by atoms with van der Waals surface area (Å²) in [7, 11) is 0. The third kappa shape index (κ3) is 8.64. The van der Waals surface area contributed by atoms with Gasteiger partial charge < -0.3 is 25.4 Å². The lowest BCUT2D eigenvalue weighted by atomic mass is 9.94. The Balaban J connectivity index is 2.58. The van der Waals surface area contributed by atoms with Gasteiger partial charge in [0.1, 0.15) is 23.4 Å². The molecule has 0 saturated heterocycles. The molecular formula is C30H41N3O5. The molecule has 0 aliphatic rings. The highest BCUT2D eigenvalue weighted by molar-refractivity contribution is 5.92. The second-order valence-electron chi connectivity index (χ2n) is 10.7. The van der Waals surface area contributed by atoms with Gasteiger partial charge in [-0.15, -0.1) is 6.58 Å². The number of benzene rings is 2. The maximum absolute atomic E-state index is 14.2. The lowest BCUT2D eigenvalue weighted by Crippen LogP contribution is -2.54. The standard InChI is InChI=1S/C30H41N3O5/c1-9-17-33(26(27(35)31-19(2)3)24-12-10-11-20(4)21(24)5)28(36)25(32-29(37)38-30(6,7)8)18-22-13-15-23(34)16-14-22/h9-16,19,25-26,34H,1,17-18H2,2-8H3,(H,31,35)(H,32,37).